The van der Waals surface area contributed by atoms with Crippen LogP contribution in [-0.2, 0) is 4.79 Å². The van der Waals surface area contributed by atoms with E-state index in [1.807, 2.05) is 0 Å². The molecule has 74 valence electrons. The van der Waals surface area contributed by atoms with Gasteiger partial charge in [0, 0.05) is 6.08 Å². The molecule has 0 unspecified atom stereocenters. The molecule has 0 amide bonds. The highest BCUT2D eigenvalue weighted by atomic mass is 35.5. The summed E-state index contributed by atoms with van der Waals surface area (Å²) in [7, 11) is 0. The van der Waals surface area contributed by atoms with Crippen molar-refractivity contribution in [2.24, 2.45) is 0 Å². The number of aryl methyl sites for hydroxylation is 1. The second-order valence-corrected chi connectivity index (χ2v) is 3.12. The molecule has 1 aromatic rings. The molecule has 0 saturated heterocycles. The van der Waals surface area contributed by atoms with Gasteiger partial charge < -0.3 is 10.8 Å². The number of hydrogen-bond acceptors (Lipinski definition) is 3. The second-order valence-electron chi connectivity index (χ2n) is 2.73. The maximum atomic E-state index is 10.3. The number of aliphatic carboxylic acids is 1. The van der Waals surface area contributed by atoms with Gasteiger partial charge in [-0.1, -0.05) is 11.6 Å². The number of carbonyl (C=O) groups is 1. The fraction of sp³-hybridized carbons (Fsp3) is 0.111. The maximum absolute atomic E-state index is 10.3. The summed E-state index contributed by atoms with van der Waals surface area (Å²) in [4.78, 5) is 14.2. The van der Waals surface area contributed by atoms with E-state index in [4.69, 9.17) is 22.4 Å². The number of nitrogens with zero attached hydrogens (tertiary/aromatic N) is 1. The van der Waals surface area contributed by atoms with Crippen molar-refractivity contribution >= 4 is 29.3 Å². The molecule has 0 saturated carbocycles. The normalized spacial score (nSPS) is 10.7. The number of pyridine rings is 1. The van der Waals surface area contributed by atoms with Crippen molar-refractivity contribution in [3.05, 3.63) is 28.6 Å². The SMILES string of the molecule is Cc1cc(Cl)nc(C=CC(=O)O)c1N. The van der Waals surface area contributed by atoms with Crippen LogP contribution in [0, 0.1) is 6.92 Å². The minimum Gasteiger partial charge on any atom is -0.478 e. The van der Waals surface area contributed by atoms with Crippen LogP contribution in [0.5, 0.6) is 0 Å². The van der Waals surface area contributed by atoms with E-state index in [-0.39, 0.29) is 0 Å². The number of anilines is 1. The predicted octanol–water partition coefficient (Wildman–Crippen LogP) is 1.72. The first-order valence-electron chi connectivity index (χ1n) is 3.84. The third-order valence-electron chi connectivity index (χ3n) is 1.65. The summed E-state index contributed by atoms with van der Waals surface area (Å²) in [6.45, 7) is 1.78. The van der Waals surface area contributed by atoms with Gasteiger partial charge in [0.05, 0.1) is 11.4 Å². The van der Waals surface area contributed by atoms with Crippen LogP contribution < -0.4 is 5.73 Å². The molecule has 4 nitrogen and oxygen atoms in total. The molecule has 0 spiro atoms. The number of rotatable bonds is 2. The molecule has 0 atom stereocenters. The zero-order chi connectivity index (χ0) is 10.7. The van der Waals surface area contributed by atoms with Gasteiger partial charge in [0.25, 0.3) is 0 Å². The highest BCUT2D eigenvalue weighted by Gasteiger charge is 2.03. The van der Waals surface area contributed by atoms with Crippen LogP contribution in [0.4, 0.5) is 5.69 Å². The van der Waals surface area contributed by atoms with E-state index in [0.29, 0.717) is 16.5 Å². The zero-order valence-corrected chi connectivity index (χ0v) is 8.25. The van der Waals surface area contributed by atoms with Gasteiger partial charge in [-0.25, -0.2) is 9.78 Å². The van der Waals surface area contributed by atoms with E-state index in [9.17, 15) is 4.79 Å². The van der Waals surface area contributed by atoms with Gasteiger partial charge in [-0.2, -0.15) is 0 Å². The molecule has 1 aromatic heterocycles. The van der Waals surface area contributed by atoms with Crippen molar-refractivity contribution in [2.75, 3.05) is 5.73 Å². The molecule has 0 aromatic carbocycles. The Bertz CT molecular complexity index is 402. The first kappa shape index (κ1) is 10.5. The Balaban J connectivity index is 3.14. The molecular formula is C9H9ClN2O2. The number of nitrogens with two attached hydrogens (primary N) is 1. The number of aromatic nitrogens is 1. The molecule has 5 heteroatoms. The molecule has 0 fully saturated rings. The molecule has 0 aliphatic heterocycles. The number of carboxylic acid groups (broad SMARTS) is 1. The van der Waals surface area contributed by atoms with Crippen molar-refractivity contribution in [3.8, 4) is 0 Å². The second kappa shape index (κ2) is 4.11. The van der Waals surface area contributed by atoms with Crippen LogP contribution in [0.15, 0.2) is 12.1 Å². The number of carboxylic acids is 1. The van der Waals surface area contributed by atoms with Gasteiger partial charge in [0.2, 0.25) is 0 Å². The first-order valence-corrected chi connectivity index (χ1v) is 4.22. The Morgan fingerprint density at radius 3 is 2.93 bits per heavy atom. The number of hydrogen-bond donors (Lipinski definition) is 2. The summed E-state index contributed by atoms with van der Waals surface area (Å²) in [5, 5.41) is 8.71. The highest BCUT2D eigenvalue weighted by molar-refractivity contribution is 6.29. The lowest BCUT2D eigenvalue weighted by Crippen LogP contribution is -1.97. The fourth-order valence-electron chi connectivity index (χ4n) is 0.943. The maximum Gasteiger partial charge on any atom is 0.328 e. The Morgan fingerprint density at radius 2 is 2.36 bits per heavy atom. The van der Waals surface area contributed by atoms with Crippen LogP contribution in [0.1, 0.15) is 11.3 Å². The quantitative estimate of drug-likeness (QED) is 0.578. The first-order chi connectivity index (χ1) is 6.50. The lowest BCUT2D eigenvalue weighted by atomic mass is 10.2. The summed E-state index contributed by atoms with van der Waals surface area (Å²) in [5.74, 6) is -1.05. The van der Waals surface area contributed by atoms with Crippen LogP contribution in [-0.4, -0.2) is 16.1 Å². The Morgan fingerprint density at radius 1 is 1.71 bits per heavy atom. The van der Waals surface area contributed by atoms with Gasteiger partial charge in [0.1, 0.15) is 5.15 Å². The summed E-state index contributed by atoms with van der Waals surface area (Å²) in [6.07, 6.45) is 2.28. The predicted molar refractivity (Wildman–Crippen MR) is 55.1 cm³/mol. The molecule has 1 heterocycles. The van der Waals surface area contributed by atoms with Crippen LogP contribution in [0.3, 0.4) is 0 Å². The lowest BCUT2D eigenvalue weighted by Gasteiger charge is -2.03. The third-order valence-corrected chi connectivity index (χ3v) is 1.84. The van der Waals surface area contributed by atoms with E-state index in [1.165, 1.54) is 6.08 Å². The minimum atomic E-state index is -1.05. The van der Waals surface area contributed by atoms with E-state index >= 15 is 0 Å². The van der Waals surface area contributed by atoms with Crippen LogP contribution in [0.25, 0.3) is 6.08 Å². The van der Waals surface area contributed by atoms with Gasteiger partial charge in [-0.3, -0.25) is 0 Å². The average molecular weight is 213 g/mol. The molecule has 0 aliphatic carbocycles. The summed E-state index contributed by atoms with van der Waals surface area (Å²) in [6, 6.07) is 1.62. The monoisotopic (exact) mass is 212 g/mol. The smallest absolute Gasteiger partial charge is 0.328 e. The van der Waals surface area contributed by atoms with Gasteiger partial charge in [-0.15, -0.1) is 0 Å². The minimum absolute atomic E-state index is 0.293. The summed E-state index contributed by atoms with van der Waals surface area (Å²) >= 11 is 5.69. The molecule has 0 aliphatic rings. The van der Waals surface area contributed by atoms with Crippen LogP contribution in [0.2, 0.25) is 5.15 Å². The van der Waals surface area contributed by atoms with Crippen molar-refractivity contribution in [3.63, 3.8) is 0 Å². The van der Waals surface area contributed by atoms with Gasteiger partial charge >= 0.3 is 5.97 Å². The average Bonchev–Trinajstić information content (AvgIpc) is 2.08. The summed E-state index contributed by atoms with van der Waals surface area (Å²) < 4.78 is 0. The van der Waals surface area contributed by atoms with Gasteiger partial charge in [-0.05, 0) is 24.6 Å². The molecular weight excluding hydrogens is 204 g/mol. The molecule has 1 rings (SSSR count). The lowest BCUT2D eigenvalue weighted by molar-refractivity contribution is -0.131. The van der Waals surface area contributed by atoms with Crippen LogP contribution >= 0.6 is 11.6 Å². The molecule has 3 N–H and O–H groups in total. The standard InChI is InChI=1S/C9H9ClN2O2/c1-5-4-7(10)12-6(9(5)11)2-3-8(13)14/h2-4H,11H2,1H3,(H,13,14). The summed E-state index contributed by atoms with van der Waals surface area (Å²) in [5.41, 5.74) is 7.26. The molecule has 0 radical (unpaired) electrons. The van der Waals surface area contributed by atoms with E-state index in [2.05, 4.69) is 4.98 Å². The van der Waals surface area contributed by atoms with E-state index in [0.717, 1.165) is 11.6 Å². The molecule has 0 bridgehead atoms. The number of nitrogen functional groups attached to an aromatic ring is 1. The van der Waals surface area contributed by atoms with E-state index < -0.39 is 5.97 Å². The topological polar surface area (TPSA) is 76.2 Å². The van der Waals surface area contributed by atoms with Crippen molar-refractivity contribution in [1.82, 2.24) is 4.98 Å². The van der Waals surface area contributed by atoms with Gasteiger partial charge in [0.15, 0.2) is 0 Å². The largest absolute Gasteiger partial charge is 0.478 e. The van der Waals surface area contributed by atoms with Crippen molar-refractivity contribution in [1.29, 1.82) is 0 Å². The third kappa shape index (κ3) is 2.47. The zero-order valence-electron chi connectivity index (χ0n) is 7.49. The van der Waals surface area contributed by atoms with Crippen molar-refractivity contribution < 1.29 is 9.90 Å². The van der Waals surface area contributed by atoms with Crippen molar-refractivity contribution in [2.45, 2.75) is 6.92 Å². The molecule has 14 heavy (non-hydrogen) atoms. The fourth-order valence-corrected chi connectivity index (χ4v) is 1.20. The Kier molecular flexibility index (Phi) is 3.09. The van der Waals surface area contributed by atoms with E-state index in [1.54, 1.807) is 13.0 Å². The highest BCUT2D eigenvalue weighted by Crippen LogP contribution is 2.19. The Labute approximate surface area is 86.0 Å². The Hall–Kier alpha value is -1.55. The number of halogens is 1.